The minimum Gasteiger partial charge on any atom is -0.384 e. The fraction of sp³-hybridized carbons (Fsp3) is 0.714. The fourth-order valence-corrected chi connectivity index (χ4v) is 4.24. The van der Waals surface area contributed by atoms with E-state index >= 15 is 0 Å². The Balaban J connectivity index is 0.00000312. The quantitative estimate of drug-likeness (QED) is 0.624. The van der Waals surface area contributed by atoms with Crippen molar-refractivity contribution in [2.75, 3.05) is 33.4 Å². The SMILES string of the molecule is COCC1(CNS(=O)(=O)c2cn(C)c(=O)n(C)c2=O)CCNCC1.Cl. The molecule has 0 atom stereocenters. The number of methoxy groups -OCH3 is 1. The third-order valence-electron chi connectivity index (χ3n) is 4.46. The van der Waals surface area contributed by atoms with E-state index in [0.717, 1.165) is 41.3 Å². The zero-order valence-corrected chi connectivity index (χ0v) is 16.2. The lowest BCUT2D eigenvalue weighted by Gasteiger charge is -2.37. The normalized spacial score (nSPS) is 17.1. The Morgan fingerprint density at radius 2 is 1.88 bits per heavy atom. The van der Waals surface area contributed by atoms with Gasteiger partial charge in [0.2, 0.25) is 10.0 Å². The minimum atomic E-state index is -4.03. The zero-order chi connectivity index (χ0) is 18.0. The molecule has 1 fully saturated rings. The molecule has 1 aliphatic heterocycles. The van der Waals surface area contributed by atoms with E-state index in [0.29, 0.717) is 6.61 Å². The predicted molar refractivity (Wildman–Crippen MR) is 95.8 cm³/mol. The number of nitrogens with one attached hydrogen (secondary N) is 2. The molecule has 0 unspecified atom stereocenters. The highest BCUT2D eigenvalue weighted by atomic mass is 35.5. The summed E-state index contributed by atoms with van der Waals surface area (Å²) in [5, 5.41) is 3.23. The summed E-state index contributed by atoms with van der Waals surface area (Å²) in [4.78, 5) is 23.4. The van der Waals surface area contributed by atoms with Crippen LogP contribution < -0.4 is 21.3 Å². The van der Waals surface area contributed by atoms with Gasteiger partial charge in [-0.1, -0.05) is 0 Å². The Morgan fingerprint density at radius 1 is 1.28 bits per heavy atom. The average Bonchev–Trinajstić information content (AvgIpc) is 2.55. The number of halogens is 1. The van der Waals surface area contributed by atoms with Crippen molar-refractivity contribution < 1.29 is 13.2 Å². The topological polar surface area (TPSA) is 111 Å². The van der Waals surface area contributed by atoms with E-state index in [1.54, 1.807) is 7.11 Å². The molecule has 2 N–H and O–H groups in total. The van der Waals surface area contributed by atoms with Gasteiger partial charge in [0.15, 0.2) is 4.90 Å². The molecule has 11 heteroatoms. The van der Waals surface area contributed by atoms with Crippen molar-refractivity contribution in [3.8, 4) is 0 Å². The Kier molecular flexibility index (Phi) is 7.39. The second-order valence-electron chi connectivity index (χ2n) is 6.26. The Hall–Kier alpha value is -1.20. The first kappa shape index (κ1) is 21.8. The van der Waals surface area contributed by atoms with Gasteiger partial charge in [-0.05, 0) is 25.9 Å². The highest BCUT2D eigenvalue weighted by Crippen LogP contribution is 2.28. The van der Waals surface area contributed by atoms with Crippen molar-refractivity contribution in [1.29, 1.82) is 0 Å². The summed E-state index contributed by atoms with van der Waals surface area (Å²) >= 11 is 0. The van der Waals surface area contributed by atoms with Gasteiger partial charge in [0.25, 0.3) is 5.56 Å². The third-order valence-corrected chi connectivity index (χ3v) is 5.84. The standard InChI is InChI=1S/C14H24N4O5S.ClH/c1-17-8-11(12(19)18(2)13(17)20)24(21,22)16-9-14(10-23-3)4-6-15-7-5-14;/h8,15-16H,4-7,9-10H2,1-3H3;1H. The first-order valence-corrected chi connectivity index (χ1v) is 9.17. The maximum Gasteiger partial charge on any atom is 0.330 e. The van der Waals surface area contributed by atoms with E-state index in [1.807, 2.05) is 0 Å². The van der Waals surface area contributed by atoms with Crippen LogP contribution in [-0.2, 0) is 28.9 Å². The van der Waals surface area contributed by atoms with Crippen molar-refractivity contribution in [3.63, 3.8) is 0 Å². The molecule has 2 rings (SSSR count). The maximum absolute atomic E-state index is 12.6. The van der Waals surface area contributed by atoms with Crippen LogP contribution in [0.1, 0.15) is 12.8 Å². The molecule has 0 aliphatic carbocycles. The summed E-state index contributed by atoms with van der Waals surface area (Å²) < 4.78 is 34.8. The molecule has 0 radical (unpaired) electrons. The van der Waals surface area contributed by atoms with E-state index in [-0.39, 0.29) is 24.4 Å². The highest BCUT2D eigenvalue weighted by molar-refractivity contribution is 7.89. The molecule has 144 valence electrons. The lowest BCUT2D eigenvalue weighted by molar-refractivity contribution is 0.0577. The summed E-state index contributed by atoms with van der Waals surface area (Å²) in [6, 6.07) is 0. The molecule has 1 aromatic heterocycles. The minimum absolute atomic E-state index is 0. The van der Waals surface area contributed by atoms with Crippen LogP contribution in [0.25, 0.3) is 0 Å². The molecule has 9 nitrogen and oxygen atoms in total. The van der Waals surface area contributed by atoms with Gasteiger partial charge in [0.1, 0.15) is 0 Å². The first-order chi connectivity index (χ1) is 11.2. The molecule has 2 heterocycles. The molecule has 0 aromatic carbocycles. The van der Waals surface area contributed by atoms with Gasteiger partial charge in [-0.3, -0.25) is 9.36 Å². The highest BCUT2D eigenvalue weighted by Gasteiger charge is 2.34. The van der Waals surface area contributed by atoms with Crippen LogP contribution in [0.4, 0.5) is 0 Å². The van der Waals surface area contributed by atoms with Gasteiger partial charge < -0.3 is 14.6 Å². The van der Waals surface area contributed by atoms with Crippen LogP contribution >= 0.6 is 12.4 Å². The number of rotatable bonds is 6. The van der Waals surface area contributed by atoms with Gasteiger partial charge >= 0.3 is 5.69 Å². The largest absolute Gasteiger partial charge is 0.384 e. The number of hydrogen-bond donors (Lipinski definition) is 2. The van der Waals surface area contributed by atoms with Gasteiger partial charge in [-0.15, -0.1) is 12.4 Å². The molecule has 0 spiro atoms. The number of aromatic nitrogens is 2. The van der Waals surface area contributed by atoms with Crippen LogP contribution in [0.2, 0.25) is 0 Å². The van der Waals surface area contributed by atoms with E-state index < -0.39 is 26.2 Å². The molecule has 25 heavy (non-hydrogen) atoms. The number of hydrogen-bond acceptors (Lipinski definition) is 6. The van der Waals surface area contributed by atoms with Crippen LogP contribution in [0.3, 0.4) is 0 Å². The van der Waals surface area contributed by atoms with Crippen molar-refractivity contribution in [2.45, 2.75) is 17.7 Å². The Labute approximate surface area is 152 Å². The predicted octanol–water partition coefficient (Wildman–Crippen LogP) is -1.20. The Morgan fingerprint density at radius 3 is 2.44 bits per heavy atom. The molecule has 0 amide bonds. The van der Waals surface area contributed by atoms with Gasteiger partial charge in [0.05, 0.1) is 6.61 Å². The fourth-order valence-electron chi connectivity index (χ4n) is 2.92. The van der Waals surface area contributed by atoms with E-state index in [1.165, 1.54) is 14.1 Å². The maximum atomic E-state index is 12.6. The van der Waals surface area contributed by atoms with E-state index in [9.17, 15) is 18.0 Å². The summed E-state index contributed by atoms with van der Waals surface area (Å²) in [7, 11) is 0.212. The summed E-state index contributed by atoms with van der Waals surface area (Å²) in [5.74, 6) is 0. The second-order valence-corrected chi connectivity index (χ2v) is 7.99. The van der Waals surface area contributed by atoms with Crippen LogP contribution in [0.15, 0.2) is 20.7 Å². The van der Waals surface area contributed by atoms with Gasteiger partial charge in [-0.25, -0.2) is 17.9 Å². The molecule has 0 saturated carbocycles. The molecule has 1 aromatic rings. The monoisotopic (exact) mass is 396 g/mol. The Bertz CT molecular complexity index is 806. The molecule has 1 aliphatic rings. The van der Waals surface area contributed by atoms with Crippen molar-refractivity contribution in [1.82, 2.24) is 19.2 Å². The first-order valence-electron chi connectivity index (χ1n) is 7.68. The van der Waals surface area contributed by atoms with Crippen molar-refractivity contribution in [3.05, 3.63) is 27.0 Å². The van der Waals surface area contributed by atoms with Crippen LogP contribution in [-0.4, -0.2) is 50.9 Å². The number of ether oxygens (including phenoxy) is 1. The summed E-state index contributed by atoms with van der Waals surface area (Å²) in [6.07, 6.45) is 2.60. The van der Waals surface area contributed by atoms with E-state index in [4.69, 9.17) is 4.74 Å². The second kappa shape index (κ2) is 8.45. The molecule has 0 bridgehead atoms. The smallest absolute Gasteiger partial charge is 0.330 e. The summed E-state index contributed by atoms with van der Waals surface area (Å²) in [6.45, 7) is 2.18. The molecule has 1 saturated heterocycles. The number of aryl methyl sites for hydroxylation is 1. The van der Waals surface area contributed by atoms with Gasteiger partial charge in [-0.2, -0.15) is 0 Å². The number of piperidine rings is 1. The van der Waals surface area contributed by atoms with Crippen LogP contribution in [0.5, 0.6) is 0 Å². The molecular weight excluding hydrogens is 372 g/mol. The zero-order valence-electron chi connectivity index (χ0n) is 14.6. The summed E-state index contributed by atoms with van der Waals surface area (Å²) in [5.41, 5.74) is -1.72. The number of sulfonamides is 1. The van der Waals surface area contributed by atoms with Crippen molar-refractivity contribution >= 4 is 22.4 Å². The average molecular weight is 397 g/mol. The van der Waals surface area contributed by atoms with Crippen molar-refractivity contribution in [2.24, 2.45) is 19.5 Å². The lowest BCUT2D eigenvalue weighted by atomic mass is 9.80. The number of nitrogens with zero attached hydrogens (tertiary/aromatic N) is 2. The third kappa shape index (κ3) is 4.70. The van der Waals surface area contributed by atoms with E-state index in [2.05, 4.69) is 10.0 Å². The lowest BCUT2D eigenvalue weighted by Crippen LogP contribution is -2.48. The molecular formula is C14H25ClN4O5S. The van der Waals surface area contributed by atoms with Crippen LogP contribution in [0, 0.1) is 5.41 Å². The van der Waals surface area contributed by atoms with Gasteiger partial charge in [0, 0.05) is 39.4 Å².